The number of fused-ring (bicyclic) bond motifs is 20. The van der Waals surface area contributed by atoms with Gasteiger partial charge in [0.1, 0.15) is 0 Å². The number of hydrogen-bond donors (Lipinski definition) is 0. The first-order valence-corrected chi connectivity index (χ1v) is 21.7. The molecule has 1 spiro atoms. The molecule has 1 aromatic heterocycles. The number of nitrogens with zero attached hydrogens (tertiary/aromatic N) is 2. The third kappa shape index (κ3) is 3.04. The molecular formula is C51H33BN2Si. The van der Waals surface area contributed by atoms with E-state index in [1.54, 1.807) is 0 Å². The highest BCUT2D eigenvalue weighted by Gasteiger charge is 2.57. The summed E-state index contributed by atoms with van der Waals surface area (Å²) in [4.78, 5) is 2.72. The highest BCUT2D eigenvalue weighted by Crippen LogP contribution is 2.56. The average Bonchev–Trinajstić information content (AvgIpc) is 3.82. The van der Waals surface area contributed by atoms with Crippen LogP contribution in [0, 0.1) is 0 Å². The molecule has 5 heterocycles. The number of benzene rings is 8. The first-order valence-electron chi connectivity index (χ1n) is 19.7. The van der Waals surface area contributed by atoms with E-state index in [1.165, 1.54) is 115 Å². The van der Waals surface area contributed by atoms with E-state index in [2.05, 4.69) is 187 Å². The summed E-state index contributed by atoms with van der Waals surface area (Å²) in [6.45, 7) is 4.92. The van der Waals surface area contributed by atoms with Gasteiger partial charge >= 0.3 is 6.85 Å². The Bertz CT molecular complexity index is 3230. The summed E-state index contributed by atoms with van der Waals surface area (Å²) in [6.07, 6.45) is 0. The van der Waals surface area contributed by atoms with Crippen molar-refractivity contribution in [3.05, 3.63) is 175 Å². The van der Waals surface area contributed by atoms with Crippen molar-refractivity contribution in [2.75, 3.05) is 4.90 Å². The second-order valence-electron chi connectivity index (χ2n) is 16.7. The molecule has 5 aliphatic rings. The largest absolute Gasteiger partial charge is 0.378 e. The highest BCUT2D eigenvalue weighted by atomic mass is 28.3. The predicted molar refractivity (Wildman–Crippen MR) is 234 cm³/mol. The van der Waals surface area contributed by atoms with E-state index in [0.717, 1.165) is 0 Å². The zero-order valence-electron chi connectivity index (χ0n) is 30.6. The van der Waals surface area contributed by atoms with Gasteiger partial charge in [0.25, 0.3) is 0 Å². The Hall–Kier alpha value is -6.36. The van der Waals surface area contributed by atoms with Gasteiger partial charge in [-0.15, -0.1) is 0 Å². The van der Waals surface area contributed by atoms with Gasteiger partial charge < -0.3 is 9.38 Å². The maximum atomic E-state index is 2.82. The van der Waals surface area contributed by atoms with Crippen molar-refractivity contribution < 1.29 is 0 Å². The van der Waals surface area contributed by atoms with E-state index in [9.17, 15) is 0 Å². The van der Waals surface area contributed by atoms with E-state index in [-0.39, 0.29) is 12.3 Å². The second kappa shape index (κ2) is 9.47. The molecule has 14 rings (SSSR count). The first kappa shape index (κ1) is 29.1. The van der Waals surface area contributed by atoms with Crippen molar-refractivity contribution in [1.82, 2.24) is 4.48 Å². The Morgan fingerprint density at radius 1 is 0.509 bits per heavy atom. The van der Waals surface area contributed by atoms with E-state index in [1.807, 2.05) is 0 Å². The molecule has 1 aliphatic carbocycles. The van der Waals surface area contributed by atoms with Crippen molar-refractivity contribution in [3.63, 3.8) is 0 Å². The summed E-state index contributed by atoms with van der Waals surface area (Å²) in [5.41, 5.74) is 19.2. The molecule has 0 atom stereocenters. The lowest BCUT2D eigenvalue weighted by Gasteiger charge is -2.49. The van der Waals surface area contributed by atoms with E-state index >= 15 is 0 Å². The van der Waals surface area contributed by atoms with Crippen molar-refractivity contribution in [2.24, 2.45) is 0 Å². The number of rotatable bonds is 0. The molecule has 0 bridgehead atoms. The van der Waals surface area contributed by atoms with Crippen molar-refractivity contribution in [2.45, 2.75) is 19.3 Å². The Balaban J connectivity index is 1.21. The lowest BCUT2D eigenvalue weighted by atomic mass is 9.44. The molecule has 55 heavy (non-hydrogen) atoms. The quantitative estimate of drug-likeness (QED) is 0.144. The molecule has 4 heteroatoms. The van der Waals surface area contributed by atoms with E-state index < -0.39 is 8.07 Å². The van der Waals surface area contributed by atoms with Crippen molar-refractivity contribution in [1.29, 1.82) is 0 Å². The average molecular weight is 713 g/mol. The van der Waals surface area contributed by atoms with Gasteiger partial charge in [0.15, 0.2) is 8.07 Å². The summed E-state index contributed by atoms with van der Waals surface area (Å²) in [5, 5.41) is 9.97. The van der Waals surface area contributed by atoms with Gasteiger partial charge in [-0.05, 0) is 77.0 Å². The second-order valence-corrected chi connectivity index (χ2v) is 20.4. The molecule has 4 aliphatic heterocycles. The Labute approximate surface area is 321 Å². The van der Waals surface area contributed by atoms with Crippen LogP contribution >= 0.6 is 0 Å². The maximum Gasteiger partial charge on any atom is 0.332 e. The SMILES string of the molecule is CC1(C)c2ccccc2-c2c1n1c3c(cccc23)-c2cc3ccccc3c3c2B1c1cccc2c1N3c1ccccc1[Si]21c2ccccc2-c2ccccc21. The minimum absolute atomic E-state index is 0.0127. The van der Waals surface area contributed by atoms with E-state index in [0.29, 0.717) is 0 Å². The number of para-hydroxylation sites is 3. The monoisotopic (exact) mass is 712 g/mol. The lowest BCUT2D eigenvalue weighted by molar-refractivity contribution is 0.632. The molecular weight excluding hydrogens is 679 g/mol. The zero-order chi connectivity index (χ0) is 35.9. The topological polar surface area (TPSA) is 8.17 Å². The summed E-state index contributed by atoms with van der Waals surface area (Å²) in [6, 6.07) is 63.4. The molecule has 0 unspecified atom stereocenters. The van der Waals surface area contributed by atoms with Crippen LogP contribution in [0.5, 0.6) is 0 Å². The Morgan fingerprint density at radius 2 is 1.13 bits per heavy atom. The fourth-order valence-corrected chi connectivity index (χ4v) is 17.8. The first-order chi connectivity index (χ1) is 27.1. The van der Waals surface area contributed by atoms with Crippen molar-refractivity contribution >= 4 is 85.3 Å². The maximum absolute atomic E-state index is 2.82. The molecule has 0 radical (unpaired) electrons. The summed E-state index contributed by atoms with van der Waals surface area (Å²) < 4.78 is 2.82. The molecule has 0 saturated heterocycles. The molecule has 0 amide bonds. The fraction of sp³-hybridized carbons (Fsp3) is 0.0588. The highest BCUT2D eigenvalue weighted by molar-refractivity contribution is 7.24. The molecule has 8 aromatic carbocycles. The lowest BCUT2D eigenvalue weighted by Crippen LogP contribution is -2.77. The van der Waals surface area contributed by atoms with Crippen LogP contribution in [0.3, 0.4) is 0 Å². The van der Waals surface area contributed by atoms with Gasteiger partial charge in [-0.2, -0.15) is 0 Å². The predicted octanol–water partition coefficient (Wildman–Crippen LogP) is 8.19. The van der Waals surface area contributed by atoms with Crippen LogP contribution in [0.1, 0.15) is 25.1 Å². The van der Waals surface area contributed by atoms with E-state index in [4.69, 9.17) is 0 Å². The van der Waals surface area contributed by atoms with Gasteiger partial charge in [-0.1, -0.05) is 166 Å². The van der Waals surface area contributed by atoms with Gasteiger partial charge in [0.05, 0.1) is 5.69 Å². The van der Waals surface area contributed by atoms with Gasteiger partial charge in [-0.25, -0.2) is 0 Å². The fourth-order valence-electron chi connectivity index (χ4n) is 12.2. The molecule has 254 valence electrons. The third-order valence-electron chi connectivity index (χ3n) is 14.1. The van der Waals surface area contributed by atoms with Crippen LogP contribution in [0.15, 0.2) is 164 Å². The standard InChI is InChI=1S/C51H33BN2Si/c1-51(2)38-22-8-5-19-35(38)45-36-21-13-20-34-37-29-30-15-3-4-16-31(30)48-46(37)52(54(47(34)36)50(45)51)39-23-14-28-44-49(39)53(48)40-24-9-12-27-43(40)55(44)41-25-10-6-17-32(41)33-18-7-11-26-42(33)55/h3-29H,1-2H3. The Kier molecular flexibility index (Phi) is 5.00. The minimum Gasteiger partial charge on any atom is -0.378 e. The number of anilines is 3. The summed E-state index contributed by atoms with van der Waals surface area (Å²) >= 11 is 0. The van der Waals surface area contributed by atoms with Crippen LogP contribution in [-0.2, 0) is 5.41 Å². The number of aromatic nitrogens is 1. The number of hydrogen-bond acceptors (Lipinski definition) is 1. The zero-order valence-corrected chi connectivity index (χ0v) is 31.6. The summed E-state index contributed by atoms with van der Waals surface area (Å²) in [7, 11) is -2.75. The molecule has 0 fully saturated rings. The molecule has 0 N–H and O–H groups in total. The van der Waals surface area contributed by atoms with Crippen LogP contribution in [0.4, 0.5) is 17.1 Å². The van der Waals surface area contributed by atoms with Gasteiger partial charge in [0, 0.05) is 49.9 Å². The molecule has 2 nitrogen and oxygen atoms in total. The van der Waals surface area contributed by atoms with Crippen molar-refractivity contribution in [3.8, 4) is 33.4 Å². The van der Waals surface area contributed by atoms with Crippen LogP contribution in [0.2, 0.25) is 0 Å². The minimum atomic E-state index is -2.75. The Morgan fingerprint density at radius 3 is 1.95 bits per heavy atom. The normalized spacial score (nSPS) is 16.0. The van der Waals surface area contributed by atoms with Crippen LogP contribution in [-0.4, -0.2) is 19.4 Å². The summed E-state index contributed by atoms with van der Waals surface area (Å²) in [5.74, 6) is 0. The van der Waals surface area contributed by atoms with Gasteiger partial charge in [-0.3, -0.25) is 0 Å². The van der Waals surface area contributed by atoms with Crippen LogP contribution in [0.25, 0.3) is 55.1 Å². The van der Waals surface area contributed by atoms with Gasteiger partial charge in [0.2, 0.25) is 0 Å². The molecule has 0 saturated carbocycles. The third-order valence-corrected chi connectivity index (χ3v) is 19.0. The van der Waals surface area contributed by atoms with Crippen LogP contribution < -0.4 is 36.6 Å². The smallest absolute Gasteiger partial charge is 0.332 e. The molecule has 9 aromatic rings.